The van der Waals surface area contributed by atoms with Gasteiger partial charge in [-0.25, -0.2) is 4.98 Å². The van der Waals surface area contributed by atoms with Crippen molar-refractivity contribution in [3.63, 3.8) is 0 Å². The molecule has 0 saturated heterocycles. The summed E-state index contributed by atoms with van der Waals surface area (Å²) in [6.45, 7) is 3.89. The molecule has 0 radical (unpaired) electrons. The molecule has 0 amide bonds. The SMILES string of the molecule is CC(C)(O)Cn1cc(-c2cnc(N)cn2)cn1. The number of aromatic nitrogens is 4. The first-order chi connectivity index (χ1) is 7.94. The molecule has 0 aliphatic heterocycles. The van der Waals surface area contributed by atoms with Gasteiger partial charge in [0.15, 0.2) is 0 Å². The number of nitrogens with two attached hydrogens (primary N) is 1. The molecule has 0 aliphatic rings. The van der Waals surface area contributed by atoms with Crippen LogP contribution in [0.4, 0.5) is 5.82 Å². The molecule has 0 atom stereocenters. The van der Waals surface area contributed by atoms with E-state index in [1.165, 1.54) is 6.20 Å². The van der Waals surface area contributed by atoms with Crippen LogP contribution in [-0.4, -0.2) is 30.5 Å². The molecule has 0 aromatic carbocycles. The fourth-order valence-electron chi connectivity index (χ4n) is 1.47. The van der Waals surface area contributed by atoms with Gasteiger partial charge < -0.3 is 10.8 Å². The molecule has 0 unspecified atom stereocenters. The van der Waals surface area contributed by atoms with Gasteiger partial charge in [-0.1, -0.05) is 0 Å². The fourth-order valence-corrected chi connectivity index (χ4v) is 1.47. The second-order valence-electron chi connectivity index (χ2n) is 4.57. The Kier molecular flexibility index (Phi) is 2.81. The summed E-state index contributed by atoms with van der Waals surface area (Å²) in [5.74, 6) is 0.387. The lowest BCUT2D eigenvalue weighted by Crippen LogP contribution is -2.26. The van der Waals surface area contributed by atoms with Crippen molar-refractivity contribution in [3.05, 3.63) is 24.8 Å². The van der Waals surface area contributed by atoms with Crippen molar-refractivity contribution >= 4 is 5.82 Å². The van der Waals surface area contributed by atoms with Crippen molar-refractivity contribution in [1.29, 1.82) is 0 Å². The highest BCUT2D eigenvalue weighted by molar-refractivity contribution is 5.56. The third kappa shape index (κ3) is 3.01. The minimum atomic E-state index is -0.796. The van der Waals surface area contributed by atoms with E-state index in [0.29, 0.717) is 18.1 Å². The van der Waals surface area contributed by atoms with Crippen LogP contribution in [0.2, 0.25) is 0 Å². The Morgan fingerprint density at radius 3 is 2.65 bits per heavy atom. The van der Waals surface area contributed by atoms with Gasteiger partial charge in [0.05, 0.1) is 36.4 Å². The third-order valence-corrected chi connectivity index (χ3v) is 2.15. The van der Waals surface area contributed by atoms with Gasteiger partial charge >= 0.3 is 0 Å². The average molecular weight is 233 g/mol. The first kappa shape index (κ1) is 11.5. The predicted molar refractivity (Wildman–Crippen MR) is 64.0 cm³/mol. The normalized spacial score (nSPS) is 11.7. The number of hydrogen-bond acceptors (Lipinski definition) is 5. The van der Waals surface area contributed by atoms with E-state index in [4.69, 9.17) is 5.73 Å². The second-order valence-corrected chi connectivity index (χ2v) is 4.57. The van der Waals surface area contributed by atoms with E-state index in [2.05, 4.69) is 15.1 Å². The van der Waals surface area contributed by atoms with E-state index in [1.54, 1.807) is 30.9 Å². The number of nitrogen functional groups attached to an aromatic ring is 1. The van der Waals surface area contributed by atoms with Crippen molar-refractivity contribution in [2.24, 2.45) is 0 Å². The Morgan fingerprint density at radius 1 is 1.29 bits per heavy atom. The summed E-state index contributed by atoms with van der Waals surface area (Å²) in [6, 6.07) is 0. The van der Waals surface area contributed by atoms with Crippen LogP contribution in [0.25, 0.3) is 11.3 Å². The van der Waals surface area contributed by atoms with Crippen LogP contribution >= 0.6 is 0 Å². The summed E-state index contributed by atoms with van der Waals surface area (Å²) in [7, 11) is 0. The Bertz CT molecular complexity index is 497. The van der Waals surface area contributed by atoms with Gasteiger partial charge in [0.2, 0.25) is 0 Å². The van der Waals surface area contributed by atoms with E-state index < -0.39 is 5.60 Å². The summed E-state index contributed by atoms with van der Waals surface area (Å²) in [5.41, 5.74) is 6.23. The monoisotopic (exact) mass is 233 g/mol. The van der Waals surface area contributed by atoms with Crippen LogP contribution < -0.4 is 5.73 Å². The third-order valence-electron chi connectivity index (χ3n) is 2.15. The van der Waals surface area contributed by atoms with Crippen LogP contribution in [0.15, 0.2) is 24.8 Å². The van der Waals surface area contributed by atoms with Crippen molar-refractivity contribution in [1.82, 2.24) is 19.7 Å². The molecule has 6 nitrogen and oxygen atoms in total. The van der Waals surface area contributed by atoms with E-state index in [9.17, 15) is 5.11 Å². The zero-order valence-electron chi connectivity index (χ0n) is 9.83. The van der Waals surface area contributed by atoms with Crippen LogP contribution in [-0.2, 0) is 6.54 Å². The van der Waals surface area contributed by atoms with Gasteiger partial charge in [-0.15, -0.1) is 0 Å². The van der Waals surface area contributed by atoms with Gasteiger partial charge in [-0.05, 0) is 13.8 Å². The molecule has 0 spiro atoms. The minimum absolute atomic E-state index is 0.387. The van der Waals surface area contributed by atoms with Crippen LogP contribution in [0, 0.1) is 0 Å². The number of aliphatic hydroxyl groups is 1. The molecule has 0 fully saturated rings. The van der Waals surface area contributed by atoms with Gasteiger partial charge in [-0.2, -0.15) is 5.10 Å². The molecule has 3 N–H and O–H groups in total. The smallest absolute Gasteiger partial charge is 0.141 e. The molecule has 2 aromatic rings. The molecule has 2 rings (SSSR count). The number of hydrogen-bond donors (Lipinski definition) is 2. The molecular weight excluding hydrogens is 218 g/mol. The molecule has 0 saturated carbocycles. The van der Waals surface area contributed by atoms with Crippen molar-refractivity contribution in [3.8, 4) is 11.3 Å². The maximum Gasteiger partial charge on any atom is 0.141 e. The molecule has 17 heavy (non-hydrogen) atoms. The van der Waals surface area contributed by atoms with Gasteiger partial charge in [-0.3, -0.25) is 9.67 Å². The maximum atomic E-state index is 9.68. The highest BCUT2D eigenvalue weighted by Crippen LogP contribution is 2.16. The fraction of sp³-hybridized carbons (Fsp3) is 0.364. The first-order valence-electron chi connectivity index (χ1n) is 5.27. The van der Waals surface area contributed by atoms with E-state index in [-0.39, 0.29) is 0 Å². The van der Waals surface area contributed by atoms with Crippen molar-refractivity contribution in [2.75, 3.05) is 5.73 Å². The molecule has 0 aliphatic carbocycles. The van der Waals surface area contributed by atoms with Crippen LogP contribution in [0.5, 0.6) is 0 Å². The second kappa shape index (κ2) is 4.14. The van der Waals surface area contributed by atoms with Crippen molar-refractivity contribution < 1.29 is 5.11 Å². The highest BCUT2D eigenvalue weighted by Gasteiger charge is 2.14. The summed E-state index contributed by atoms with van der Waals surface area (Å²) in [4.78, 5) is 8.12. The molecule has 2 heterocycles. The van der Waals surface area contributed by atoms with E-state index in [0.717, 1.165) is 5.56 Å². The summed E-state index contributed by atoms with van der Waals surface area (Å²) in [6.07, 6.45) is 6.60. The number of rotatable bonds is 3. The predicted octanol–water partition coefficient (Wildman–Crippen LogP) is 0.693. The van der Waals surface area contributed by atoms with Crippen LogP contribution in [0.1, 0.15) is 13.8 Å². The Morgan fingerprint density at radius 2 is 2.06 bits per heavy atom. The standard InChI is InChI=1S/C11H15N5O/c1-11(2,17)7-16-6-8(3-15-16)9-4-14-10(12)5-13-9/h3-6,17H,7H2,1-2H3,(H2,12,14). The first-order valence-corrected chi connectivity index (χ1v) is 5.27. The lowest BCUT2D eigenvalue weighted by molar-refractivity contribution is 0.0577. The van der Waals surface area contributed by atoms with E-state index in [1.807, 2.05) is 6.20 Å². The van der Waals surface area contributed by atoms with Gasteiger partial charge in [0, 0.05) is 11.8 Å². The largest absolute Gasteiger partial charge is 0.389 e. The molecule has 6 heteroatoms. The number of anilines is 1. The maximum absolute atomic E-state index is 9.68. The molecule has 90 valence electrons. The quantitative estimate of drug-likeness (QED) is 0.814. The lowest BCUT2D eigenvalue weighted by atomic mass is 10.1. The summed E-state index contributed by atoms with van der Waals surface area (Å²) < 4.78 is 1.67. The zero-order chi connectivity index (χ0) is 12.5. The zero-order valence-corrected chi connectivity index (χ0v) is 9.83. The Hall–Kier alpha value is -1.95. The summed E-state index contributed by atoms with van der Waals surface area (Å²) >= 11 is 0. The van der Waals surface area contributed by atoms with Gasteiger partial charge in [0.25, 0.3) is 0 Å². The summed E-state index contributed by atoms with van der Waals surface area (Å²) in [5, 5.41) is 13.8. The molecule has 2 aromatic heterocycles. The minimum Gasteiger partial charge on any atom is -0.389 e. The molecular formula is C11H15N5O. The Labute approximate surface area is 99.1 Å². The Balaban J connectivity index is 2.21. The van der Waals surface area contributed by atoms with Crippen LogP contribution in [0.3, 0.4) is 0 Å². The van der Waals surface area contributed by atoms with E-state index >= 15 is 0 Å². The lowest BCUT2D eigenvalue weighted by Gasteiger charge is -2.16. The highest BCUT2D eigenvalue weighted by atomic mass is 16.3. The van der Waals surface area contributed by atoms with Gasteiger partial charge in [0.1, 0.15) is 5.82 Å². The van der Waals surface area contributed by atoms with Crippen molar-refractivity contribution in [2.45, 2.75) is 26.0 Å². The molecule has 0 bridgehead atoms. The number of nitrogens with zero attached hydrogens (tertiary/aromatic N) is 4. The average Bonchev–Trinajstić information content (AvgIpc) is 2.64. The topological polar surface area (TPSA) is 89.8 Å².